The third-order valence-corrected chi connectivity index (χ3v) is 7.36. The molecule has 0 unspecified atom stereocenters. The molecule has 0 N–H and O–H groups in total. The van der Waals surface area contributed by atoms with Crippen LogP contribution >= 0.6 is 0 Å². The highest BCUT2D eigenvalue weighted by molar-refractivity contribution is 6.19. The summed E-state index contributed by atoms with van der Waals surface area (Å²) < 4.78 is 21.1. The summed E-state index contributed by atoms with van der Waals surface area (Å²) in [6.07, 6.45) is 5.52. The first-order valence-electron chi connectivity index (χ1n) is 14.1. The maximum Gasteiger partial charge on any atom is 0.271 e. The van der Waals surface area contributed by atoms with Gasteiger partial charge in [0.15, 0.2) is 0 Å². The molecule has 7 nitrogen and oxygen atoms in total. The Bertz CT molecular complexity index is 1780. The van der Waals surface area contributed by atoms with Gasteiger partial charge in [-0.3, -0.25) is 14.5 Å². The van der Waals surface area contributed by atoms with Gasteiger partial charge in [-0.15, -0.1) is 0 Å². The van der Waals surface area contributed by atoms with E-state index in [0.717, 1.165) is 40.3 Å². The number of para-hydroxylation sites is 1. The number of hydrogen-bond donors (Lipinski definition) is 0. The van der Waals surface area contributed by atoms with E-state index in [4.69, 9.17) is 9.84 Å². The van der Waals surface area contributed by atoms with E-state index >= 15 is 0 Å². The van der Waals surface area contributed by atoms with Gasteiger partial charge < -0.3 is 4.74 Å². The number of carbonyl (C=O) groups is 2. The highest BCUT2D eigenvalue weighted by Gasteiger charge is 2.35. The van der Waals surface area contributed by atoms with Crippen molar-refractivity contribution >= 4 is 17.9 Å². The van der Waals surface area contributed by atoms with E-state index in [2.05, 4.69) is 6.92 Å². The third-order valence-electron chi connectivity index (χ3n) is 7.36. The number of rotatable bonds is 9. The van der Waals surface area contributed by atoms with Crippen molar-refractivity contribution < 1.29 is 18.7 Å². The lowest BCUT2D eigenvalue weighted by Gasteiger charge is -2.27. The Morgan fingerprint density at radius 1 is 1.00 bits per heavy atom. The van der Waals surface area contributed by atoms with Gasteiger partial charge in [-0.25, -0.2) is 9.07 Å². The van der Waals surface area contributed by atoms with Crippen LogP contribution in [0.25, 0.3) is 23.0 Å². The first kappa shape index (κ1) is 29.2. The largest absolute Gasteiger partial charge is 0.494 e. The Morgan fingerprint density at radius 3 is 2.42 bits per heavy atom. The number of halogens is 1. The van der Waals surface area contributed by atoms with Crippen molar-refractivity contribution in [3.05, 3.63) is 118 Å². The topological polar surface area (TPSA) is 88.2 Å². The minimum atomic E-state index is -0.679. The fraction of sp³-hybridized carbons (Fsp3) is 0.200. The molecule has 2 amide bonds. The third kappa shape index (κ3) is 6.16. The standard InChI is InChI=1S/C35H31FN4O3/c1-4-5-17-43-29-15-16-30(23(2)18-29)33-26(22-40(38-33)28-9-7-6-8-10-28)19-31-24(3)32(20-37)35(42)39(34(31)41)21-25-11-13-27(36)14-12-25/h6-16,18-19,22H,4-5,17,21H2,1-3H3/b31-19+. The maximum absolute atomic E-state index is 13.8. The molecule has 0 bridgehead atoms. The van der Waals surface area contributed by atoms with Crippen molar-refractivity contribution in [2.45, 2.75) is 40.2 Å². The number of nitriles is 1. The van der Waals surface area contributed by atoms with Gasteiger partial charge in [0.2, 0.25) is 0 Å². The van der Waals surface area contributed by atoms with Crippen molar-refractivity contribution in [3.63, 3.8) is 0 Å². The van der Waals surface area contributed by atoms with Gasteiger partial charge in [0.25, 0.3) is 11.8 Å². The molecule has 43 heavy (non-hydrogen) atoms. The number of aryl methyl sites for hydroxylation is 1. The maximum atomic E-state index is 13.8. The van der Waals surface area contributed by atoms with Crippen molar-refractivity contribution in [3.8, 4) is 28.8 Å². The van der Waals surface area contributed by atoms with Crippen molar-refractivity contribution in [1.29, 1.82) is 5.26 Å². The summed E-state index contributed by atoms with van der Waals surface area (Å²) >= 11 is 0. The molecule has 0 saturated carbocycles. The van der Waals surface area contributed by atoms with Crippen LogP contribution in [0, 0.1) is 24.1 Å². The number of aromatic nitrogens is 2. The van der Waals surface area contributed by atoms with E-state index in [1.807, 2.05) is 67.7 Å². The minimum absolute atomic E-state index is 0.0948. The molecule has 216 valence electrons. The van der Waals surface area contributed by atoms with Gasteiger partial charge in [0.1, 0.15) is 28.9 Å². The second-order valence-electron chi connectivity index (χ2n) is 10.4. The van der Waals surface area contributed by atoms with Crippen molar-refractivity contribution in [2.75, 3.05) is 6.61 Å². The quantitative estimate of drug-likeness (QED) is 0.123. The number of ether oxygens (including phenoxy) is 1. The summed E-state index contributed by atoms with van der Waals surface area (Å²) in [5.74, 6) is -0.873. The average molecular weight is 575 g/mol. The molecule has 0 radical (unpaired) electrons. The van der Waals surface area contributed by atoms with Gasteiger partial charge in [-0.1, -0.05) is 43.7 Å². The van der Waals surface area contributed by atoms with Gasteiger partial charge >= 0.3 is 0 Å². The molecule has 2 heterocycles. The molecule has 1 aliphatic rings. The van der Waals surface area contributed by atoms with Crippen LogP contribution in [0.2, 0.25) is 0 Å². The molecular weight excluding hydrogens is 543 g/mol. The number of nitrogens with zero attached hydrogens (tertiary/aromatic N) is 4. The van der Waals surface area contributed by atoms with E-state index in [0.29, 0.717) is 29.0 Å². The summed E-state index contributed by atoms with van der Waals surface area (Å²) in [4.78, 5) is 28.0. The Balaban J connectivity index is 1.61. The Hall–Kier alpha value is -5.29. The highest BCUT2D eigenvalue weighted by Crippen LogP contribution is 2.34. The zero-order valence-electron chi connectivity index (χ0n) is 24.3. The molecule has 8 heteroatoms. The second-order valence-corrected chi connectivity index (χ2v) is 10.4. The van der Waals surface area contributed by atoms with Crippen molar-refractivity contribution in [1.82, 2.24) is 14.7 Å². The summed E-state index contributed by atoms with van der Waals surface area (Å²) in [7, 11) is 0. The monoisotopic (exact) mass is 574 g/mol. The van der Waals surface area contributed by atoms with Crippen LogP contribution in [0.1, 0.15) is 43.4 Å². The predicted octanol–water partition coefficient (Wildman–Crippen LogP) is 6.96. The Morgan fingerprint density at radius 2 is 1.74 bits per heavy atom. The van der Waals surface area contributed by atoms with Gasteiger partial charge in [-0.05, 0) is 85.5 Å². The van der Waals surface area contributed by atoms with Crippen LogP contribution in [-0.2, 0) is 16.1 Å². The lowest BCUT2D eigenvalue weighted by molar-refractivity contribution is -0.141. The fourth-order valence-corrected chi connectivity index (χ4v) is 4.94. The number of unbranched alkanes of at least 4 members (excludes halogenated alkanes) is 1. The minimum Gasteiger partial charge on any atom is -0.494 e. The summed E-state index contributed by atoms with van der Waals surface area (Å²) in [5.41, 5.74) is 4.86. The molecule has 5 rings (SSSR count). The van der Waals surface area contributed by atoms with Gasteiger partial charge in [0, 0.05) is 22.9 Å². The zero-order chi connectivity index (χ0) is 30.5. The zero-order valence-corrected chi connectivity index (χ0v) is 24.3. The molecule has 0 saturated heterocycles. The number of amides is 2. The van der Waals surface area contributed by atoms with Crippen molar-refractivity contribution in [2.24, 2.45) is 0 Å². The van der Waals surface area contributed by atoms with Crippen LogP contribution in [0.5, 0.6) is 5.75 Å². The molecule has 0 aliphatic carbocycles. The van der Waals surface area contributed by atoms with Crippen LogP contribution in [0.4, 0.5) is 4.39 Å². The van der Waals surface area contributed by atoms with E-state index in [-0.39, 0.29) is 17.7 Å². The van der Waals surface area contributed by atoms with Crippen LogP contribution in [0.3, 0.4) is 0 Å². The summed E-state index contributed by atoms with van der Waals surface area (Å²) in [6, 6.07) is 23.0. The van der Waals surface area contributed by atoms with Gasteiger partial charge in [-0.2, -0.15) is 10.4 Å². The van der Waals surface area contributed by atoms with Crippen LogP contribution in [-0.4, -0.2) is 33.1 Å². The van der Waals surface area contributed by atoms with E-state index in [1.165, 1.54) is 24.3 Å². The lowest BCUT2D eigenvalue weighted by atomic mass is 9.92. The Labute approximate surface area is 250 Å². The fourth-order valence-electron chi connectivity index (χ4n) is 4.94. The SMILES string of the molecule is CCCCOc1ccc(-c2nn(-c3ccccc3)cc2/C=C2/C(=O)N(Cc3ccc(F)cc3)C(=O)C(C#N)=C2C)c(C)c1. The lowest BCUT2D eigenvalue weighted by Crippen LogP contribution is -2.42. The first-order chi connectivity index (χ1) is 20.8. The first-order valence-corrected chi connectivity index (χ1v) is 14.1. The Kier molecular flexibility index (Phi) is 8.63. The molecule has 1 aromatic heterocycles. The van der Waals surface area contributed by atoms with Crippen LogP contribution in [0.15, 0.2) is 95.7 Å². The van der Waals surface area contributed by atoms with E-state index in [9.17, 15) is 19.2 Å². The number of carbonyl (C=O) groups excluding carboxylic acids is 2. The average Bonchev–Trinajstić information content (AvgIpc) is 3.43. The predicted molar refractivity (Wildman–Crippen MR) is 162 cm³/mol. The molecular formula is C35H31FN4O3. The normalized spacial score (nSPS) is 14.4. The van der Waals surface area contributed by atoms with E-state index < -0.39 is 17.6 Å². The molecule has 0 spiro atoms. The number of imide groups is 1. The number of benzene rings is 3. The van der Waals surface area contributed by atoms with Gasteiger partial charge in [0.05, 0.1) is 18.8 Å². The summed E-state index contributed by atoms with van der Waals surface area (Å²) in [6.45, 7) is 6.24. The number of hydrogen-bond acceptors (Lipinski definition) is 5. The summed E-state index contributed by atoms with van der Waals surface area (Å²) in [5, 5.41) is 14.8. The molecule has 0 atom stereocenters. The smallest absolute Gasteiger partial charge is 0.271 e. The molecule has 4 aromatic rings. The van der Waals surface area contributed by atoms with Crippen LogP contribution < -0.4 is 4.74 Å². The second kappa shape index (κ2) is 12.7. The molecule has 1 aliphatic heterocycles. The highest BCUT2D eigenvalue weighted by atomic mass is 19.1. The molecule has 3 aromatic carbocycles. The van der Waals surface area contributed by atoms with E-state index in [1.54, 1.807) is 17.7 Å². The molecule has 0 fully saturated rings.